The third-order valence-electron chi connectivity index (χ3n) is 5.11. The van der Waals surface area contributed by atoms with Crippen molar-refractivity contribution in [3.8, 4) is 5.75 Å². The van der Waals surface area contributed by atoms with E-state index in [0.717, 1.165) is 16.4 Å². The Morgan fingerprint density at radius 3 is 2.29 bits per heavy atom. The lowest BCUT2D eigenvalue weighted by atomic mass is 10.1. The molecule has 35 heavy (non-hydrogen) atoms. The summed E-state index contributed by atoms with van der Waals surface area (Å²) >= 11 is 0. The molecule has 3 aromatic carbocycles. The Kier molecular flexibility index (Phi) is 8.18. The zero-order valence-corrected chi connectivity index (χ0v) is 20.0. The second kappa shape index (κ2) is 10.9. The van der Waals surface area contributed by atoms with Crippen LogP contribution in [-0.4, -0.2) is 31.8 Å². The average Bonchev–Trinajstić information content (AvgIpc) is 2.80. The fourth-order valence-electron chi connectivity index (χ4n) is 3.45. The molecule has 10 heteroatoms. The van der Waals surface area contributed by atoms with Gasteiger partial charge in [-0.15, -0.1) is 0 Å². The molecular weight excluding hydrogens is 481 g/mol. The third kappa shape index (κ3) is 6.61. The Bertz CT molecular complexity index is 1280. The highest BCUT2D eigenvalue weighted by molar-refractivity contribution is 7.89. The van der Waals surface area contributed by atoms with Crippen LogP contribution in [-0.2, 0) is 27.5 Å². The summed E-state index contributed by atoms with van der Waals surface area (Å²) in [5, 5.41) is 2.21. The lowest BCUT2D eigenvalue weighted by Crippen LogP contribution is -2.37. The van der Waals surface area contributed by atoms with Crippen molar-refractivity contribution < 1.29 is 31.1 Å². The second-order valence-electron chi connectivity index (χ2n) is 7.71. The molecule has 0 aromatic heterocycles. The van der Waals surface area contributed by atoms with Crippen LogP contribution in [0.25, 0.3) is 0 Å². The van der Waals surface area contributed by atoms with E-state index < -0.39 is 39.9 Å². The lowest BCUT2D eigenvalue weighted by Gasteiger charge is -2.23. The topological polar surface area (TPSA) is 75.7 Å². The quantitative estimate of drug-likeness (QED) is 0.431. The minimum absolute atomic E-state index is 0.0575. The Morgan fingerprint density at radius 1 is 1.00 bits per heavy atom. The average molecular weight is 507 g/mol. The molecule has 0 aliphatic carbocycles. The summed E-state index contributed by atoms with van der Waals surface area (Å²) in [5.74, 6) is -0.369. The van der Waals surface area contributed by atoms with E-state index in [9.17, 15) is 26.4 Å². The van der Waals surface area contributed by atoms with Crippen LogP contribution in [0.4, 0.5) is 18.9 Å². The molecule has 0 atom stereocenters. The highest BCUT2D eigenvalue weighted by atomic mass is 32.2. The summed E-state index contributed by atoms with van der Waals surface area (Å²) in [5.41, 5.74) is -0.259. The van der Waals surface area contributed by atoms with E-state index in [-0.39, 0.29) is 11.4 Å². The van der Waals surface area contributed by atoms with Crippen molar-refractivity contribution in [1.82, 2.24) is 4.31 Å². The Labute approximate surface area is 202 Å². The molecule has 0 saturated heterocycles. The van der Waals surface area contributed by atoms with E-state index in [0.29, 0.717) is 23.5 Å². The molecule has 1 N–H and O–H groups in total. The molecule has 0 saturated carbocycles. The number of amides is 1. The molecule has 3 rings (SSSR count). The predicted molar refractivity (Wildman–Crippen MR) is 126 cm³/mol. The van der Waals surface area contributed by atoms with Gasteiger partial charge < -0.3 is 10.1 Å². The summed E-state index contributed by atoms with van der Waals surface area (Å²) in [6.07, 6.45) is -4.68. The van der Waals surface area contributed by atoms with Crippen molar-refractivity contribution in [2.75, 3.05) is 18.5 Å². The number of nitrogens with one attached hydrogen (secondary N) is 1. The van der Waals surface area contributed by atoms with E-state index in [1.165, 1.54) is 30.3 Å². The van der Waals surface area contributed by atoms with Crippen LogP contribution in [0.3, 0.4) is 0 Å². The van der Waals surface area contributed by atoms with Crippen molar-refractivity contribution in [2.45, 2.75) is 31.5 Å². The molecule has 0 aliphatic rings. The van der Waals surface area contributed by atoms with Gasteiger partial charge in [0.05, 0.1) is 29.3 Å². The number of aryl methyl sites for hydroxylation is 1. The van der Waals surface area contributed by atoms with Crippen molar-refractivity contribution >= 4 is 21.6 Å². The van der Waals surface area contributed by atoms with Crippen LogP contribution >= 0.6 is 0 Å². The van der Waals surface area contributed by atoms with Crippen LogP contribution in [0, 0.1) is 6.92 Å². The first-order chi connectivity index (χ1) is 16.5. The van der Waals surface area contributed by atoms with Gasteiger partial charge in [-0.1, -0.05) is 42.5 Å². The van der Waals surface area contributed by atoms with E-state index in [4.69, 9.17) is 4.74 Å². The first-order valence-electron chi connectivity index (χ1n) is 10.8. The number of carbonyl (C=O) groups excluding carboxylic acids is 1. The smallest absolute Gasteiger partial charge is 0.418 e. The number of rotatable bonds is 9. The second-order valence-corrected chi connectivity index (χ2v) is 9.65. The lowest BCUT2D eigenvalue weighted by molar-refractivity contribution is -0.137. The minimum atomic E-state index is -4.68. The molecule has 1 amide bonds. The predicted octanol–water partition coefficient (Wildman–Crippen LogP) is 5.24. The zero-order chi connectivity index (χ0) is 25.6. The summed E-state index contributed by atoms with van der Waals surface area (Å²) in [4.78, 5) is 12.7. The van der Waals surface area contributed by atoms with Gasteiger partial charge in [-0.05, 0) is 55.3 Å². The normalized spacial score (nSPS) is 11.9. The van der Waals surface area contributed by atoms with Crippen molar-refractivity contribution in [1.29, 1.82) is 0 Å². The molecule has 0 heterocycles. The number of hydrogen-bond acceptors (Lipinski definition) is 4. The van der Waals surface area contributed by atoms with Gasteiger partial charge in [-0.2, -0.15) is 17.5 Å². The zero-order valence-electron chi connectivity index (χ0n) is 19.2. The van der Waals surface area contributed by atoms with Crippen molar-refractivity contribution in [2.24, 2.45) is 0 Å². The molecule has 0 aliphatic heterocycles. The number of carbonyl (C=O) groups is 1. The number of benzene rings is 3. The SMILES string of the molecule is CCOc1ccc(S(=O)(=O)N(CC(=O)Nc2ccccc2C(F)(F)F)Cc2ccccc2)cc1C. The molecule has 0 unspecified atom stereocenters. The number of hydrogen-bond donors (Lipinski definition) is 1. The summed E-state index contributed by atoms with van der Waals surface area (Å²) in [6, 6.07) is 17.5. The Hall–Kier alpha value is -3.37. The number of halogens is 3. The molecule has 0 bridgehead atoms. The molecular formula is C25H25F3N2O4S. The van der Waals surface area contributed by atoms with Gasteiger partial charge in [-0.25, -0.2) is 8.42 Å². The third-order valence-corrected chi connectivity index (χ3v) is 6.90. The highest BCUT2D eigenvalue weighted by Gasteiger charge is 2.34. The molecule has 3 aromatic rings. The fourth-order valence-corrected chi connectivity index (χ4v) is 4.92. The number of nitrogens with zero attached hydrogens (tertiary/aromatic N) is 1. The molecule has 0 fully saturated rings. The first kappa shape index (κ1) is 26.2. The van der Waals surface area contributed by atoms with Gasteiger partial charge in [0.15, 0.2) is 0 Å². The first-order valence-corrected chi connectivity index (χ1v) is 12.2. The standard InChI is InChI=1S/C25H25F3N2O4S/c1-3-34-23-14-13-20(15-18(23)2)35(32,33)30(16-19-9-5-4-6-10-19)17-24(31)29-22-12-8-7-11-21(22)25(26,27)28/h4-15H,3,16-17H2,1-2H3,(H,29,31). The van der Waals surface area contributed by atoms with Gasteiger partial charge in [-0.3, -0.25) is 4.79 Å². The summed E-state index contributed by atoms with van der Waals surface area (Å²) in [6.45, 7) is 3.08. The molecule has 0 radical (unpaired) electrons. The number of para-hydroxylation sites is 1. The number of sulfonamides is 1. The van der Waals surface area contributed by atoms with E-state index in [1.54, 1.807) is 44.2 Å². The maximum atomic E-state index is 13.5. The summed E-state index contributed by atoms with van der Waals surface area (Å²) < 4.78 is 73.3. The Balaban J connectivity index is 1.92. The van der Waals surface area contributed by atoms with E-state index >= 15 is 0 Å². The number of ether oxygens (including phenoxy) is 1. The Morgan fingerprint density at radius 2 is 1.66 bits per heavy atom. The van der Waals surface area contributed by atoms with Crippen LogP contribution in [0.1, 0.15) is 23.6 Å². The molecule has 186 valence electrons. The number of anilines is 1. The minimum Gasteiger partial charge on any atom is -0.494 e. The highest BCUT2D eigenvalue weighted by Crippen LogP contribution is 2.34. The van der Waals surface area contributed by atoms with Gasteiger partial charge in [0.25, 0.3) is 0 Å². The van der Waals surface area contributed by atoms with Crippen LogP contribution < -0.4 is 10.1 Å². The van der Waals surface area contributed by atoms with Gasteiger partial charge in [0, 0.05) is 6.54 Å². The monoisotopic (exact) mass is 506 g/mol. The fraction of sp³-hybridized carbons (Fsp3) is 0.240. The van der Waals surface area contributed by atoms with Crippen molar-refractivity contribution in [3.05, 3.63) is 89.5 Å². The molecule has 6 nitrogen and oxygen atoms in total. The maximum Gasteiger partial charge on any atom is 0.418 e. The summed E-state index contributed by atoms with van der Waals surface area (Å²) in [7, 11) is -4.18. The van der Waals surface area contributed by atoms with Crippen molar-refractivity contribution in [3.63, 3.8) is 0 Å². The van der Waals surface area contributed by atoms with Crippen LogP contribution in [0.5, 0.6) is 5.75 Å². The van der Waals surface area contributed by atoms with Crippen LogP contribution in [0.2, 0.25) is 0 Å². The van der Waals surface area contributed by atoms with E-state index in [2.05, 4.69) is 5.32 Å². The van der Waals surface area contributed by atoms with Gasteiger partial charge >= 0.3 is 6.18 Å². The number of alkyl halides is 3. The maximum absolute atomic E-state index is 13.5. The van der Waals surface area contributed by atoms with Gasteiger partial charge in [0.2, 0.25) is 15.9 Å². The van der Waals surface area contributed by atoms with Crippen LogP contribution in [0.15, 0.2) is 77.7 Å². The largest absolute Gasteiger partial charge is 0.494 e. The molecule has 0 spiro atoms. The van der Waals surface area contributed by atoms with Gasteiger partial charge in [0.1, 0.15) is 5.75 Å². The van der Waals surface area contributed by atoms with E-state index in [1.807, 2.05) is 0 Å².